The van der Waals surface area contributed by atoms with Gasteiger partial charge in [-0.25, -0.2) is 14.4 Å². The molecule has 0 aliphatic carbocycles. The topological polar surface area (TPSA) is 66.9 Å². The van der Waals surface area contributed by atoms with E-state index in [0.717, 1.165) is 6.07 Å². The van der Waals surface area contributed by atoms with E-state index in [1.54, 1.807) is 6.07 Å². The second-order valence-corrected chi connectivity index (χ2v) is 6.51. The van der Waals surface area contributed by atoms with Gasteiger partial charge in [-0.15, -0.1) is 0 Å². The summed E-state index contributed by atoms with van der Waals surface area (Å²) in [5.41, 5.74) is -0.169. The Morgan fingerprint density at radius 1 is 1.14 bits per heavy atom. The molecule has 0 spiro atoms. The summed E-state index contributed by atoms with van der Waals surface area (Å²) in [5.74, 6) is -1.27. The van der Waals surface area contributed by atoms with Gasteiger partial charge in [-0.2, -0.15) is 0 Å². The molecule has 0 aliphatic rings. The van der Waals surface area contributed by atoms with Gasteiger partial charge in [-0.3, -0.25) is 4.79 Å². The molecule has 0 radical (unpaired) electrons. The van der Waals surface area contributed by atoms with Gasteiger partial charge in [0.05, 0.1) is 5.56 Å². The molecule has 0 bridgehead atoms. The maximum absolute atomic E-state index is 13.6. The number of alkyl halides is 3. The minimum Gasteiger partial charge on any atom is -0.330 e. The van der Waals surface area contributed by atoms with Gasteiger partial charge in [-0.05, 0) is 18.2 Å². The van der Waals surface area contributed by atoms with Crippen LogP contribution in [0.2, 0.25) is 0 Å². The molecule has 0 saturated carbocycles. The summed E-state index contributed by atoms with van der Waals surface area (Å²) >= 11 is 17.5. The molecule has 0 unspecified atom stereocenters. The van der Waals surface area contributed by atoms with E-state index in [1.807, 2.05) is 0 Å². The average molecular weight is 364 g/mol. The first-order valence-corrected chi connectivity index (χ1v) is 7.17. The van der Waals surface area contributed by atoms with Crippen molar-refractivity contribution in [1.82, 2.24) is 15.3 Å². The predicted octanol–water partition coefficient (Wildman–Crippen LogP) is 3.15. The number of halogens is 4. The van der Waals surface area contributed by atoms with Crippen molar-refractivity contribution in [2.75, 3.05) is 5.32 Å². The molecule has 5 nitrogen and oxygen atoms in total. The van der Waals surface area contributed by atoms with E-state index in [-0.39, 0.29) is 11.5 Å². The first kappa shape index (κ1) is 16.7. The van der Waals surface area contributed by atoms with Gasteiger partial charge in [-0.1, -0.05) is 46.9 Å². The number of nitrogens with one attached hydrogen (secondary N) is 2. The van der Waals surface area contributed by atoms with Crippen molar-refractivity contribution in [2.24, 2.45) is 0 Å². The minimum atomic E-state index is -1.90. The van der Waals surface area contributed by atoms with Crippen LogP contribution in [0, 0.1) is 5.82 Å². The fourth-order valence-electron chi connectivity index (χ4n) is 1.56. The van der Waals surface area contributed by atoms with Crippen molar-refractivity contribution in [1.29, 1.82) is 0 Å². The van der Waals surface area contributed by atoms with Gasteiger partial charge >= 0.3 is 0 Å². The van der Waals surface area contributed by atoms with Crippen LogP contribution >= 0.6 is 34.8 Å². The van der Waals surface area contributed by atoms with Crippen LogP contribution in [-0.2, 0) is 0 Å². The highest BCUT2D eigenvalue weighted by Gasteiger charge is 2.35. The third-order valence-corrected chi connectivity index (χ3v) is 3.22. The molecule has 9 heteroatoms. The number of hydrogen-bond donors (Lipinski definition) is 2. The van der Waals surface area contributed by atoms with E-state index in [2.05, 4.69) is 20.6 Å². The van der Waals surface area contributed by atoms with Crippen LogP contribution in [0.3, 0.4) is 0 Å². The van der Waals surface area contributed by atoms with E-state index < -0.39 is 21.7 Å². The lowest BCUT2D eigenvalue weighted by atomic mass is 10.2. The van der Waals surface area contributed by atoms with Gasteiger partial charge in [0.25, 0.3) is 5.91 Å². The van der Waals surface area contributed by atoms with Gasteiger partial charge < -0.3 is 10.6 Å². The third kappa shape index (κ3) is 4.43. The van der Waals surface area contributed by atoms with E-state index in [0.29, 0.717) is 0 Å². The summed E-state index contributed by atoms with van der Waals surface area (Å²) in [6, 6.07) is 7.07. The maximum atomic E-state index is 13.6. The number of carbonyl (C=O) groups is 1. The highest BCUT2D eigenvalue weighted by atomic mass is 35.6. The first-order chi connectivity index (χ1) is 10.4. The van der Waals surface area contributed by atoms with Crippen molar-refractivity contribution >= 4 is 46.7 Å². The lowest BCUT2D eigenvalue weighted by Gasteiger charge is -2.26. The highest BCUT2D eigenvalue weighted by Crippen LogP contribution is 2.30. The summed E-state index contributed by atoms with van der Waals surface area (Å²) in [5, 5.41) is 5.06. The van der Waals surface area contributed by atoms with E-state index >= 15 is 0 Å². The molecule has 1 atom stereocenters. The molecule has 22 heavy (non-hydrogen) atoms. The summed E-state index contributed by atoms with van der Waals surface area (Å²) in [6.45, 7) is 0. The fourth-order valence-corrected chi connectivity index (χ4v) is 1.88. The molecule has 2 rings (SSSR count). The number of nitrogens with zero attached hydrogens (tertiary/aromatic N) is 2. The average Bonchev–Trinajstić information content (AvgIpc) is 2.47. The number of rotatable bonds is 4. The second kappa shape index (κ2) is 7.09. The van der Waals surface area contributed by atoms with Crippen LogP contribution in [0.15, 0.2) is 42.7 Å². The standard InChI is InChI=1S/C13H10Cl3FN4O/c14-13(15,16)11(21-12-18-6-3-7-19-12)20-10(22)8-4-1-2-5-9(8)17/h1-7,11H,(H,20,22)(H,18,19,21)/t11-/m1/s1. The van der Waals surface area contributed by atoms with Crippen molar-refractivity contribution in [2.45, 2.75) is 9.96 Å². The zero-order chi connectivity index (χ0) is 16.2. The Morgan fingerprint density at radius 2 is 1.77 bits per heavy atom. The van der Waals surface area contributed by atoms with Gasteiger partial charge in [0, 0.05) is 12.4 Å². The van der Waals surface area contributed by atoms with Crippen molar-refractivity contribution < 1.29 is 9.18 Å². The van der Waals surface area contributed by atoms with Crippen molar-refractivity contribution in [3.63, 3.8) is 0 Å². The van der Waals surface area contributed by atoms with Gasteiger partial charge in [0.15, 0.2) is 0 Å². The Balaban J connectivity index is 2.17. The Bertz CT molecular complexity index is 651. The summed E-state index contributed by atoms with van der Waals surface area (Å²) < 4.78 is 11.7. The quantitative estimate of drug-likeness (QED) is 0.647. The van der Waals surface area contributed by atoms with E-state index in [1.165, 1.54) is 30.6 Å². The van der Waals surface area contributed by atoms with Gasteiger partial charge in [0.2, 0.25) is 9.74 Å². The molecule has 0 saturated heterocycles. The number of amides is 1. The van der Waals surface area contributed by atoms with Crippen molar-refractivity contribution in [3.05, 3.63) is 54.1 Å². The number of carbonyl (C=O) groups excluding carboxylic acids is 1. The fraction of sp³-hybridized carbons (Fsp3) is 0.154. The minimum absolute atomic E-state index is 0.146. The lowest BCUT2D eigenvalue weighted by Crippen LogP contribution is -2.49. The molecule has 1 aromatic carbocycles. The number of aromatic nitrogens is 2. The maximum Gasteiger partial charge on any atom is 0.255 e. The first-order valence-electron chi connectivity index (χ1n) is 6.03. The largest absolute Gasteiger partial charge is 0.330 e. The predicted molar refractivity (Wildman–Crippen MR) is 83.6 cm³/mol. The SMILES string of the molecule is O=C(N[C@H](Nc1ncccn1)C(Cl)(Cl)Cl)c1ccccc1F. The number of benzene rings is 1. The number of hydrogen-bond acceptors (Lipinski definition) is 4. The van der Waals surface area contributed by atoms with Crippen LogP contribution in [0.25, 0.3) is 0 Å². The smallest absolute Gasteiger partial charge is 0.255 e. The molecule has 1 amide bonds. The molecule has 116 valence electrons. The molecule has 2 aromatic rings. The Labute approximate surface area is 140 Å². The van der Waals surface area contributed by atoms with Crippen LogP contribution in [0.4, 0.5) is 10.3 Å². The molecule has 0 fully saturated rings. The van der Waals surface area contributed by atoms with Crippen molar-refractivity contribution in [3.8, 4) is 0 Å². The summed E-state index contributed by atoms with van der Waals surface area (Å²) in [7, 11) is 0. The Morgan fingerprint density at radius 3 is 2.36 bits per heavy atom. The van der Waals surface area contributed by atoms with E-state index in [9.17, 15) is 9.18 Å². The van der Waals surface area contributed by atoms with Crippen LogP contribution in [-0.4, -0.2) is 25.8 Å². The molecule has 1 aromatic heterocycles. The molecular weight excluding hydrogens is 354 g/mol. The normalized spacial score (nSPS) is 12.5. The molecular formula is C13H10Cl3FN4O. The summed E-state index contributed by atoms with van der Waals surface area (Å²) in [4.78, 5) is 19.9. The lowest BCUT2D eigenvalue weighted by molar-refractivity contribution is 0.0937. The monoisotopic (exact) mass is 362 g/mol. The molecule has 1 heterocycles. The van der Waals surface area contributed by atoms with Crippen LogP contribution in [0.5, 0.6) is 0 Å². The van der Waals surface area contributed by atoms with Gasteiger partial charge in [0.1, 0.15) is 12.0 Å². The van der Waals surface area contributed by atoms with Crippen LogP contribution in [0.1, 0.15) is 10.4 Å². The van der Waals surface area contributed by atoms with Crippen LogP contribution < -0.4 is 10.6 Å². The summed E-state index contributed by atoms with van der Waals surface area (Å²) in [6.07, 6.45) is 1.79. The zero-order valence-corrected chi connectivity index (χ0v) is 13.2. The highest BCUT2D eigenvalue weighted by molar-refractivity contribution is 6.68. The third-order valence-electron chi connectivity index (χ3n) is 2.56. The molecule has 2 N–H and O–H groups in total. The number of anilines is 1. The van der Waals surface area contributed by atoms with E-state index in [4.69, 9.17) is 34.8 Å². The second-order valence-electron chi connectivity index (χ2n) is 4.14. The Hall–Kier alpha value is -1.63. The molecule has 0 aliphatic heterocycles. The zero-order valence-electron chi connectivity index (χ0n) is 10.9. The Kier molecular flexibility index (Phi) is 5.39.